The summed E-state index contributed by atoms with van der Waals surface area (Å²) >= 11 is 0. The Morgan fingerprint density at radius 2 is 2.00 bits per heavy atom. The quantitative estimate of drug-likeness (QED) is 0.812. The number of rotatable bonds is 5. The summed E-state index contributed by atoms with van der Waals surface area (Å²) < 4.78 is 5.26. The van der Waals surface area contributed by atoms with Crippen LogP contribution in [0.25, 0.3) is 0 Å². The van der Waals surface area contributed by atoms with Gasteiger partial charge in [-0.2, -0.15) is 5.26 Å². The Hall–Kier alpha value is -2.65. The van der Waals surface area contributed by atoms with Gasteiger partial charge in [-0.05, 0) is 24.5 Å². The molecule has 1 aliphatic rings. The van der Waals surface area contributed by atoms with E-state index in [2.05, 4.69) is 10.6 Å². The minimum Gasteiger partial charge on any atom is -0.381 e. The van der Waals surface area contributed by atoms with Crippen LogP contribution in [0.1, 0.15) is 24.8 Å². The highest BCUT2D eigenvalue weighted by Crippen LogP contribution is 2.17. The maximum Gasteiger partial charge on any atom is 0.248 e. The third-order valence-corrected chi connectivity index (χ3v) is 3.46. The summed E-state index contributed by atoms with van der Waals surface area (Å²) in [5, 5.41) is 14.0. The SMILES string of the molecule is N#CCC(=O)NCc1ccccc1NC(=O)C=C1CCOCC1. The zero-order chi connectivity index (χ0) is 16.5. The summed E-state index contributed by atoms with van der Waals surface area (Å²) in [6, 6.07) is 9.05. The average molecular weight is 313 g/mol. The Morgan fingerprint density at radius 1 is 1.26 bits per heavy atom. The standard InChI is InChI=1S/C17H19N3O3/c18-8-5-16(21)19-12-14-3-1-2-4-15(14)20-17(22)11-13-6-9-23-10-7-13/h1-4,11H,5-7,9-10,12H2,(H,19,21)(H,20,22). The number of nitrogens with zero attached hydrogens (tertiary/aromatic N) is 1. The van der Waals surface area contributed by atoms with E-state index in [4.69, 9.17) is 10.00 Å². The van der Waals surface area contributed by atoms with Crippen molar-refractivity contribution in [3.05, 3.63) is 41.5 Å². The molecule has 120 valence electrons. The van der Waals surface area contributed by atoms with Crippen molar-refractivity contribution in [3.63, 3.8) is 0 Å². The van der Waals surface area contributed by atoms with Crippen molar-refractivity contribution in [2.75, 3.05) is 18.5 Å². The zero-order valence-electron chi connectivity index (χ0n) is 12.8. The van der Waals surface area contributed by atoms with Crippen LogP contribution in [0, 0.1) is 11.3 Å². The number of nitriles is 1. The Morgan fingerprint density at radius 3 is 2.74 bits per heavy atom. The van der Waals surface area contributed by atoms with Gasteiger partial charge in [0.15, 0.2) is 0 Å². The molecule has 6 nitrogen and oxygen atoms in total. The van der Waals surface area contributed by atoms with E-state index >= 15 is 0 Å². The molecule has 1 aromatic rings. The molecule has 0 radical (unpaired) electrons. The van der Waals surface area contributed by atoms with Crippen LogP contribution in [0.3, 0.4) is 0 Å². The second kappa shape index (κ2) is 8.71. The summed E-state index contributed by atoms with van der Waals surface area (Å²) in [5.74, 6) is -0.518. The highest BCUT2D eigenvalue weighted by Gasteiger charge is 2.10. The van der Waals surface area contributed by atoms with Crippen LogP contribution in [0.15, 0.2) is 35.9 Å². The number of hydrogen-bond donors (Lipinski definition) is 2. The molecular formula is C17H19N3O3. The number of amides is 2. The minimum absolute atomic E-state index is 0.178. The van der Waals surface area contributed by atoms with Gasteiger partial charge in [0.2, 0.25) is 11.8 Å². The molecule has 0 saturated carbocycles. The van der Waals surface area contributed by atoms with Gasteiger partial charge >= 0.3 is 0 Å². The minimum atomic E-state index is -0.335. The van der Waals surface area contributed by atoms with Crippen molar-refractivity contribution in [1.82, 2.24) is 5.32 Å². The molecule has 0 bridgehead atoms. The van der Waals surface area contributed by atoms with Gasteiger partial charge in [-0.3, -0.25) is 9.59 Å². The van der Waals surface area contributed by atoms with Crippen molar-refractivity contribution in [2.24, 2.45) is 0 Å². The van der Waals surface area contributed by atoms with Crippen LogP contribution in [-0.4, -0.2) is 25.0 Å². The summed E-state index contributed by atoms with van der Waals surface area (Å²) in [7, 11) is 0. The summed E-state index contributed by atoms with van der Waals surface area (Å²) in [6.45, 7) is 1.57. The fourth-order valence-corrected chi connectivity index (χ4v) is 2.26. The third kappa shape index (κ3) is 5.57. The van der Waals surface area contributed by atoms with Crippen molar-refractivity contribution in [2.45, 2.75) is 25.8 Å². The van der Waals surface area contributed by atoms with Crippen LogP contribution in [-0.2, 0) is 20.9 Å². The highest BCUT2D eigenvalue weighted by molar-refractivity contribution is 6.00. The van der Waals surface area contributed by atoms with Crippen LogP contribution in [0.2, 0.25) is 0 Å². The second-order valence-corrected chi connectivity index (χ2v) is 5.17. The molecule has 1 aliphatic heterocycles. The molecule has 2 amide bonds. The first-order valence-electron chi connectivity index (χ1n) is 7.49. The topological polar surface area (TPSA) is 91.2 Å². The molecule has 2 N–H and O–H groups in total. The van der Waals surface area contributed by atoms with E-state index in [0.717, 1.165) is 24.0 Å². The number of hydrogen-bond acceptors (Lipinski definition) is 4. The molecule has 0 aromatic heterocycles. The summed E-state index contributed by atoms with van der Waals surface area (Å²) in [6.07, 6.45) is 2.99. The molecule has 0 atom stereocenters. The predicted molar refractivity (Wildman–Crippen MR) is 85.3 cm³/mol. The lowest BCUT2D eigenvalue weighted by Crippen LogP contribution is -2.23. The lowest BCUT2D eigenvalue weighted by Gasteiger charge is -2.15. The maximum atomic E-state index is 12.1. The Bertz CT molecular complexity index is 639. The number of benzene rings is 1. The fraction of sp³-hybridized carbons (Fsp3) is 0.353. The average Bonchev–Trinajstić information content (AvgIpc) is 2.55. The van der Waals surface area contributed by atoms with Crippen molar-refractivity contribution < 1.29 is 14.3 Å². The van der Waals surface area contributed by atoms with Crippen molar-refractivity contribution >= 4 is 17.5 Å². The number of ether oxygens (including phenoxy) is 1. The Kier molecular flexibility index (Phi) is 6.33. The van der Waals surface area contributed by atoms with E-state index in [-0.39, 0.29) is 24.8 Å². The van der Waals surface area contributed by atoms with Crippen LogP contribution in [0.5, 0.6) is 0 Å². The van der Waals surface area contributed by atoms with E-state index in [9.17, 15) is 9.59 Å². The molecule has 0 aliphatic carbocycles. The predicted octanol–water partition coefficient (Wildman–Crippen LogP) is 1.89. The molecule has 0 unspecified atom stereocenters. The van der Waals surface area contributed by atoms with E-state index in [1.807, 2.05) is 18.2 Å². The van der Waals surface area contributed by atoms with Gasteiger partial charge in [0.1, 0.15) is 6.42 Å². The van der Waals surface area contributed by atoms with Gasteiger partial charge in [0.05, 0.1) is 19.3 Å². The van der Waals surface area contributed by atoms with Gasteiger partial charge in [-0.1, -0.05) is 23.8 Å². The zero-order valence-corrected chi connectivity index (χ0v) is 12.8. The van der Waals surface area contributed by atoms with E-state index in [1.165, 1.54) is 0 Å². The molecule has 6 heteroatoms. The molecule has 1 fully saturated rings. The smallest absolute Gasteiger partial charge is 0.248 e. The van der Waals surface area contributed by atoms with Gasteiger partial charge in [0.25, 0.3) is 0 Å². The van der Waals surface area contributed by atoms with Gasteiger partial charge in [0, 0.05) is 18.3 Å². The van der Waals surface area contributed by atoms with Gasteiger partial charge in [-0.25, -0.2) is 0 Å². The van der Waals surface area contributed by atoms with Crippen molar-refractivity contribution in [3.8, 4) is 6.07 Å². The van der Waals surface area contributed by atoms with Crippen LogP contribution in [0.4, 0.5) is 5.69 Å². The van der Waals surface area contributed by atoms with Crippen LogP contribution < -0.4 is 10.6 Å². The monoisotopic (exact) mass is 313 g/mol. The van der Waals surface area contributed by atoms with Gasteiger partial charge in [-0.15, -0.1) is 0 Å². The molecule has 1 heterocycles. The number of anilines is 1. The molecular weight excluding hydrogens is 294 g/mol. The van der Waals surface area contributed by atoms with Crippen molar-refractivity contribution in [1.29, 1.82) is 5.26 Å². The lowest BCUT2D eigenvalue weighted by atomic mass is 10.1. The number of carbonyl (C=O) groups is 2. The number of carbonyl (C=O) groups excluding carboxylic acids is 2. The van der Waals surface area contributed by atoms with Crippen LogP contribution >= 0.6 is 0 Å². The van der Waals surface area contributed by atoms with E-state index < -0.39 is 0 Å². The number of para-hydroxylation sites is 1. The molecule has 1 aromatic carbocycles. The lowest BCUT2D eigenvalue weighted by molar-refractivity contribution is -0.120. The first kappa shape index (κ1) is 16.7. The highest BCUT2D eigenvalue weighted by atomic mass is 16.5. The normalized spacial score (nSPS) is 13.8. The molecule has 2 rings (SSSR count). The Labute approximate surface area is 135 Å². The molecule has 23 heavy (non-hydrogen) atoms. The molecule has 1 saturated heterocycles. The fourth-order valence-electron chi connectivity index (χ4n) is 2.26. The number of nitrogens with one attached hydrogen (secondary N) is 2. The summed E-state index contributed by atoms with van der Waals surface area (Å²) in [4.78, 5) is 23.5. The first-order valence-corrected chi connectivity index (χ1v) is 7.49. The van der Waals surface area contributed by atoms with Gasteiger partial charge < -0.3 is 15.4 Å². The summed E-state index contributed by atoms with van der Waals surface area (Å²) in [5.41, 5.74) is 2.52. The van der Waals surface area contributed by atoms with E-state index in [0.29, 0.717) is 18.9 Å². The van der Waals surface area contributed by atoms with E-state index in [1.54, 1.807) is 18.2 Å². The maximum absolute atomic E-state index is 12.1. The first-order chi connectivity index (χ1) is 11.2. The molecule has 0 spiro atoms. The largest absolute Gasteiger partial charge is 0.381 e. The third-order valence-electron chi connectivity index (χ3n) is 3.46. The Balaban J connectivity index is 1.98. The second-order valence-electron chi connectivity index (χ2n) is 5.17.